The topological polar surface area (TPSA) is 12.0 Å². The molecule has 4 heteroatoms. The van der Waals surface area contributed by atoms with Crippen LogP contribution in [0.2, 0.25) is 0 Å². The first kappa shape index (κ1) is 15.9. The molecule has 1 N–H and O–H groups in total. The van der Waals surface area contributed by atoms with Crippen LogP contribution >= 0.6 is 15.9 Å². The van der Waals surface area contributed by atoms with E-state index in [-0.39, 0.29) is 12.1 Å². The third kappa shape index (κ3) is 4.26. The number of hydrogen-bond donors (Lipinski definition) is 1. The van der Waals surface area contributed by atoms with Crippen molar-refractivity contribution in [1.29, 1.82) is 0 Å². The van der Waals surface area contributed by atoms with Gasteiger partial charge < -0.3 is 5.32 Å². The lowest BCUT2D eigenvalue weighted by atomic mass is 9.81. The van der Waals surface area contributed by atoms with Gasteiger partial charge in [0, 0.05) is 12.1 Å². The van der Waals surface area contributed by atoms with Crippen LogP contribution in [-0.4, -0.2) is 6.54 Å². The molecule has 0 saturated heterocycles. The van der Waals surface area contributed by atoms with E-state index >= 15 is 0 Å². The minimum Gasteiger partial charge on any atom is -0.312 e. The van der Waals surface area contributed by atoms with Crippen LogP contribution in [0.5, 0.6) is 0 Å². The van der Waals surface area contributed by atoms with Gasteiger partial charge in [0.2, 0.25) is 0 Å². The van der Waals surface area contributed by atoms with Crippen molar-refractivity contribution in [3.63, 3.8) is 0 Å². The average molecular weight is 346 g/mol. The molecule has 0 aliphatic heterocycles. The van der Waals surface area contributed by atoms with Gasteiger partial charge in [0.05, 0.1) is 4.47 Å². The Morgan fingerprint density at radius 1 is 1.30 bits per heavy atom. The van der Waals surface area contributed by atoms with Crippen molar-refractivity contribution in [2.45, 2.75) is 45.6 Å². The average Bonchev–Trinajstić information content (AvgIpc) is 2.42. The Morgan fingerprint density at radius 2 is 2.10 bits per heavy atom. The lowest BCUT2D eigenvalue weighted by Crippen LogP contribution is -2.22. The fourth-order valence-corrected chi connectivity index (χ4v) is 3.44. The molecule has 1 nitrogen and oxygen atoms in total. The number of rotatable bonds is 5. The van der Waals surface area contributed by atoms with Gasteiger partial charge in [-0.1, -0.05) is 26.2 Å². The maximum atomic E-state index is 13.8. The molecule has 20 heavy (non-hydrogen) atoms. The Labute approximate surface area is 128 Å². The molecule has 1 aromatic rings. The van der Waals surface area contributed by atoms with Gasteiger partial charge in [-0.25, -0.2) is 8.78 Å². The highest BCUT2D eigenvalue weighted by atomic mass is 79.9. The minimum atomic E-state index is -0.496. The Balaban J connectivity index is 1.77. The fraction of sp³-hybridized carbons (Fsp3) is 0.625. The van der Waals surface area contributed by atoms with Crippen molar-refractivity contribution in [2.75, 3.05) is 6.54 Å². The van der Waals surface area contributed by atoms with Crippen molar-refractivity contribution in [3.8, 4) is 0 Å². The molecule has 2 rings (SSSR count). The van der Waals surface area contributed by atoms with Crippen LogP contribution in [0.25, 0.3) is 0 Å². The SMILES string of the molecule is CC1CCCC(CCNCc2c(F)ccc(Br)c2F)C1. The van der Waals surface area contributed by atoms with Crippen LogP contribution in [0.1, 0.15) is 44.6 Å². The predicted molar refractivity (Wildman–Crippen MR) is 81.5 cm³/mol. The van der Waals surface area contributed by atoms with Crippen molar-refractivity contribution in [3.05, 3.63) is 33.8 Å². The van der Waals surface area contributed by atoms with Gasteiger partial charge in [-0.3, -0.25) is 0 Å². The first-order valence-electron chi connectivity index (χ1n) is 7.41. The minimum absolute atomic E-state index is 0.122. The van der Waals surface area contributed by atoms with Crippen LogP contribution in [0.4, 0.5) is 8.78 Å². The van der Waals surface area contributed by atoms with Crippen LogP contribution < -0.4 is 5.32 Å². The molecule has 1 saturated carbocycles. The monoisotopic (exact) mass is 345 g/mol. The molecular weight excluding hydrogens is 324 g/mol. The van der Waals surface area contributed by atoms with Crippen LogP contribution in [0.15, 0.2) is 16.6 Å². The molecule has 112 valence electrons. The second-order valence-corrected chi connectivity index (χ2v) is 6.78. The molecule has 2 atom stereocenters. The highest BCUT2D eigenvalue weighted by molar-refractivity contribution is 9.10. The number of benzene rings is 1. The summed E-state index contributed by atoms with van der Waals surface area (Å²) in [6.45, 7) is 3.38. The second-order valence-electron chi connectivity index (χ2n) is 5.92. The summed E-state index contributed by atoms with van der Waals surface area (Å²) in [5.74, 6) is 0.616. The van der Waals surface area contributed by atoms with Gasteiger partial charge in [-0.15, -0.1) is 0 Å². The normalized spacial score (nSPS) is 23.0. The molecule has 2 unspecified atom stereocenters. The van der Waals surface area contributed by atoms with Gasteiger partial charge in [0.25, 0.3) is 0 Å². The van der Waals surface area contributed by atoms with E-state index in [9.17, 15) is 8.78 Å². The molecule has 1 fully saturated rings. The number of hydrogen-bond acceptors (Lipinski definition) is 1. The zero-order valence-electron chi connectivity index (χ0n) is 11.9. The third-order valence-corrected chi connectivity index (χ3v) is 4.83. The van der Waals surface area contributed by atoms with Crippen molar-refractivity contribution < 1.29 is 8.78 Å². The van der Waals surface area contributed by atoms with Gasteiger partial charge in [0.15, 0.2) is 0 Å². The molecule has 0 radical (unpaired) electrons. The van der Waals surface area contributed by atoms with E-state index in [1.54, 1.807) is 0 Å². The van der Waals surface area contributed by atoms with E-state index in [0.717, 1.165) is 24.8 Å². The highest BCUT2D eigenvalue weighted by Gasteiger charge is 2.18. The standard InChI is InChI=1S/C16H22BrF2N/c1-11-3-2-4-12(9-11)7-8-20-10-13-15(18)6-5-14(17)16(13)19/h5-6,11-12,20H,2-4,7-10H2,1H3. The summed E-state index contributed by atoms with van der Waals surface area (Å²) in [5.41, 5.74) is 0.122. The van der Waals surface area contributed by atoms with E-state index < -0.39 is 11.6 Å². The Kier molecular flexibility index (Phi) is 5.97. The quantitative estimate of drug-likeness (QED) is 0.582. The summed E-state index contributed by atoms with van der Waals surface area (Å²) in [6.07, 6.45) is 6.35. The molecule has 1 aliphatic carbocycles. The molecule has 1 aromatic carbocycles. The van der Waals surface area contributed by atoms with Crippen molar-refractivity contribution in [2.24, 2.45) is 11.8 Å². The zero-order valence-corrected chi connectivity index (χ0v) is 13.5. The van der Waals surface area contributed by atoms with Crippen molar-refractivity contribution >= 4 is 15.9 Å². The van der Waals surface area contributed by atoms with Crippen LogP contribution in [-0.2, 0) is 6.54 Å². The molecule has 0 aromatic heterocycles. The van der Waals surface area contributed by atoms with Gasteiger partial charge in [0.1, 0.15) is 11.6 Å². The van der Waals surface area contributed by atoms with Crippen LogP contribution in [0.3, 0.4) is 0 Å². The first-order valence-corrected chi connectivity index (χ1v) is 8.20. The number of nitrogens with one attached hydrogen (secondary N) is 1. The summed E-state index contributed by atoms with van der Waals surface area (Å²) >= 11 is 3.09. The lowest BCUT2D eigenvalue weighted by molar-refractivity contribution is 0.267. The second kappa shape index (κ2) is 7.51. The number of halogens is 3. The molecule has 0 amide bonds. The molecule has 0 spiro atoms. The lowest BCUT2D eigenvalue weighted by Gasteiger charge is -2.26. The molecular formula is C16H22BrF2N. The van der Waals surface area contributed by atoms with Gasteiger partial charge in [-0.2, -0.15) is 0 Å². The summed E-state index contributed by atoms with van der Waals surface area (Å²) in [5, 5.41) is 3.17. The first-order chi connectivity index (χ1) is 9.58. The largest absolute Gasteiger partial charge is 0.312 e. The third-order valence-electron chi connectivity index (χ3n) is 4.22. The Morgan fingerprint density at radius 3 is 2.85 bits per heavy atom. The van der Waals surface area contributed by atoms with Gasteiger partial charge >= 0.3 is 0 Å². The van der Waals surface area contributed by atoms with E-state index in [2.05, 4.69) is 28.2 Å². The van der Waals surface area contributed by atoms with E-state index in [1.807, 2.05) is 0 Å². The molecule has 0 heterocycles. The van der Waals surface area contributed by atoms with E-state index in [0.29, 0.717) is 4.47 Å². The maximum Gasteiger partial charge on any atom is 0.144 e. The van der Waals surface area contributed by atoms with Crippen LogP contribution in [0, 0.1) is 23.5 Å². The summed E-state index contributed by atoms with van der Waals surface area (Å²) in [4.78, 5) is 0. The Hall–Kier alpha value is -0.480. The Bertz CT molecular complexity index is 450. The van der Waals surface area contributed by atoms with E-state index in [4.69, 9.17) is 0 Å². The molecule has 0 bridgehead atoms. The summed E-state index contributed by atoms with van der Waals surface area (Å²) < 4.78 is 27.6. The molecule has 1 aliphatic rings. The highest BCUT2D eigenvalue weighted by Crippen LogP contribution is 2.30. The maximum absolute atomic E-state index is 13.8. The zero-order chi connectivity index (χ0) is 14.5. The van der Waals surface area contributed by atoms with Gasteiger partial charge in [-0.05, 0) is 59.3 Å². The van der Waals surface area contributed by atoms with Crippen molar-refractivity contribution in [1.82, 2.24) is 5.32 Å². The predicted octanol–water partition coefficient (Wildman–Crippen LogP) is 5.03. The summed E-state index contributed by atoms with van der Waals surface area (Å²) in [7, 11) is 0. The smallest absolute Gasteiger partial charge is 0.144 e. The fourth-order valence-electron chi connectivity index (χ4n) is 3.07. The van der Waals surface area contributed by atoms with E-state index in [1.165, 1.54) is 37.8 Å². The summed E-state index contributed by atoms with van der Waals surface area (Å²) in [6, 6.07) is 2.70.